The average Bonchev–Trinajstić information content (AvgIpc) is 2.62. The molecule has 2 aromatic carbocycles. The van der Waals surface area contributed by atoms with Gasteiger partial charge in [-0.1, -0.05) is 32.4 Å². The predicted octanol–water partition coefficient (Wildman–Crippen LogP) is 3.87. The van der Waals surface area contributed by atoms with Gasteiger partial charge >= 0.3 is 0 Å². The monoisotopic (exact) mass is 452 g/mol. The van der Waals surface area contributed by atoms with E-state index < -0.39 is 26.8 Å². The SMILES string of the molecule is CC(C)(C)C(=O)Nc1ccc(S(=O)(=O)c2ccc(NC(=O)C(C)(C)O)c(Cl)c2)cc1. The molecule has 30 heavy (non-hydrogen) atoms. The molecule has 0 aliphatic rings. The Morgan fingerprint density at radius 2 is 1.40 bits per heavy atom. The maximum atomic E-state index is 12.9. The van der Waals surface area contributed by atoms with Crippen molar-refractivity contribution in [1.82, 2.24) is 0 Å². The third-order valence-corrected chi connectivity index (χ3v) is 6.24. The standard InChI is InChI=1S/C21H25ClN2O5S/c1-20(2,3)18(25)23-13-6-8-14(9-7-13)30(28,29)15-10-11-17(16(22)12-15)24-19(26)21(4,5)27/h6-12,27H,1-5H3,(H,23,25)(H,24,26). The molecular formula is C21H25ClN2O5S. The fraction of sp³-hybridized carbons (Fsp3) is 0.333. The van der Waals surface area contributed by atoms with Crippen LogP contribution in [0.1, 0.15) is 34.6 Å². The fourth-order valence-corrected chi connectivity index (χ4v) is 3.79. The number of sulfone groups is 1. The third kappa shape index (κ3) is 5.59. The van der Waals surface area contributed by atoms with Gasteiger partial charge in [0.15, 0.2) is 0 Å². The first-order chi connectivity index (χ1) is 13.6. The van der Waals surface area contributed by atoms with Gasteiger partial charge in [-0.2, -0.15) is 0 Å². The number of hydrogen-bond acceptors (Lipinski definition) is 5. The number of carbonyl (C=O) groups excluding carboxylic acids is 2. The van der Waals surface area contributed by atoms with E-state index in [-0.39, 0.29) is 26.4 Å². The van der Waals surface area contributed by atoms with Gasteiger partial charge in [-0.15, -0.1) is 0 Å². The van der Waals surface area contributed by atoms with E-state index in [9.17, 15) is 23.1 Å². The van der Waals surface area contributed by atoms with Crippen LogP contribution in [0.5, 0.6) is 0 Å². The fourth-order valence-electron chi connectivity index (χ4n) is 2.21. The minimum absolute atomic E-state index is 0.0164. The summed E-state index contributed by atoms with van der Waals surface area (Å²) in [5, 5.41) is 14.9. The molecule has 2 rings (SSSR count). The maximum absolute atomic E-state index is 12.9. The van der Waals surface area contributed by atoms with Crippen LogP contribution in [0.15, 0.2) is 52.3 Å². The van der Waals surface area contributed by atoms with Gasteiger partial charge in [0.2, 0.25) is 15.7 Å². The van der Waals surface area contributed by atoms with Crippen LogP contribution in [0.2, 0.25) is 5.02 Å². The van der Waals surface area contributed by atoms with Crippen LogP contribution < -0.4 is 10.6 Å². The molecule has 2 aromatic rings. The van der Waals surface area contributed by atoms with Crippen molar-refractivity contribution in [1.29, 1.82) is 0 Å². The van der Waals surface area contributed by atoms with E-state index in [0.29, 0.717) is 5.69 Å². The van der Waals surface area contributed by atoms with Gasteiger partial charge in [-0.25, -0.2) is 8.42 Å². The maximum Gasteiger partial charge on any atom is 0.255 e. The number of rotatable bonds is 5. The summed E-state index contributed by atoms with van der Waals surface area (Å²) in [6, 6.07) is 9.71. The van der Waals surface area contributed by atoms with Crippen molar-refractivity contribution >= 4 is 44.6 Å². The van der Waals surface area contributed by atoms with Crippen LogP contribution in [0.4, 0.5) is 11.4 Å². The van der Waals surface area contributed by atoms with Crippen LogP contribution >= 0.6 is 11.6 Å². The Balaban J connectivity index is 2.26. The lowest BCUT2D eigenvalue weighted by Crippen LogP contribution is -2.36. The highest BCUT2D eigenvalue weighted by Gasteiger charge is 2.25. The van der Waals surface area contributed by atoms with Crippen molar-refractivity contribution in [3.63, 3.8) is 0 Å². The number of aliphatic hydroxyl groups is 1. The minimum atomic E-state index is -3.87. The largest absolute Gasteiger partial charge is 0.381 e. The van der Waals surface area contributed by atoms with Crippen molar-refractivity contribution in [3.8, 4) is 0 Å². The van der Waals surface area contributed by atoms with Crippen LogP contribution in [-0.2, 0) is 19.4 Å². The molecule has 0 aromatic heterocycles. The molecule has 7 nitrogen and oxygen atoms in total. The molecule has 9 heteroatoms. The molecule has 0 unspecified atom stereocenters. The molecule has 162 valence electrons. The Morgan fingerprint density at radius 1 is 0.867 bits per heavy atom. The van der Waals surface area contributed by atoms with Crippen molar-refractivity contribution in [3.05, 3.63) is 47.5 Å². The van der Waals surface area contributed by atoms with E-state index in [1.54, 1.807) is 20.8 Å². The van der Waals surface area contributed by atoms with E-state index >= 15 is 0 Å². The van der Waals surface area contributed by atoms with Gasteiger partial charge in [0.1, 0.15) is 5.60 Å². The highest BCUT2D eigenvalue weighted by atomic mass is 35.5. The Kier molecular flexibility index (Phi) is 6.66. The quantitative estimate of drug-likeness (QED) is 0.637. The van der Waals surface area contributed by atoms with Crippen LogP contribution in [0.25, 0.3) is 0 Å². The Morgan fingerprint density at radius 3 is 1.87 bits per heavy atom. The summed E-state index contributed by atoms with van der Waals surface area (Å²) in [5.74, 6) is -0.860. The number of hydrogen-bond donors (Lipinski definition) is 3. The minimum Gasteiger partial charge on any atom is -0.381 e. The van der Waals surface area contributed by atoms with Gasteiger partial charge in [0, 0.05) is 11.1 Å². The van der Waals surface area contributed by atoms with Gasteiger partial charge in [-0.3, -0.25) is 9.59 Å². The van der Waals surface area contributed by atoms with Crippen LogP contribution in [0, 0.1) is 5.41 Å². The highest BCUT2D eigenvalue weighted by molar-refractivity contribution is 7.91. The summed E-state index contributed by atoms with van der Waals surface area (Å²) in [7, 11) is -3.87. The lowest BCUT2D eigenvalue weighted by atomic mass is 9.95. The lowest BCUT2D eigenvalue weighted by Gasteiger charge is -2.18. The number of halogens is 1. The first kappa shape index (κ1) is 23.9. The predicted molar refractivity (Wildman–Crippen MR) is 116 cm³/mol. The Hall–Kier alpha value is -2.42. The molecule has 0 spiro atoms. The summed E-state index contributed by atoms with van der Waals surface area (Å²) < 4.78 is 25.8. The smallest absolute Gasteiger partial charge is 0.255 e. The zero-order chi connectivity index (χ0) is 22.9. The third-order valence-electron chi connectivity index (χ3n) is 4.16. The van der Waals surface area contributed by atoms with Gasteiger partial charge in [-0.05, 0) is 56.3 Å². The van der Waals surface area contributed by atoms with Crippen molar-refractivity contribution in [2.75, 3.05) is 10.6 Å². The number of amides is 2. The molecule has 0 saturated heterocycles. The summed E-state index contributed by atoms with van der Waals surface area (Å²) in [6.45, 7) is 7.97. The topological polar surface area (TPSA) is 113 Å². The van der Waals surface area contributed by atoms with E-state index in [4.69, 9.17) is 11.6 Å². The van der Waals surface area contributed by atoms with Crippen LogP contribution in [0.3, 0.4) is 0 Å². The summed E-state index contributed by atoms with van der Waals surface area (Å²) in [4.78, 5) is 23.9. The normalized spacial score (nSPS) is 12.4. The molecule has 0 radical (unpaired) electrons. The average molecular weight is 453 g/mol. The molecule has 0 atom stereocenters. The van der Waals surface area contributed by atoms with Crippen molar-refractivity contribution < 1.29 is 23.1 Å². The molecular weight excluding hydrogens is 428 g/mol. The Bertz CT molecular complexity index is 1070. The molecule has 0 bridgehead atoms. The molecule has 0 aliphatic carbocycles. The van der Waals surface area contributed by atoms with Crippen molar-refractivity contribution in [2.24, 2.45) is 5.41 Å². The summed E-state index contributed by atoms with van der Waals surface area (Å²) in [6.07, 6.45) is 0. The molecule has 0 heterocycles. The van der Waals surface area contributed by atoms with E-state index in [0.717, 1.165) is 0 Å². The molecule has 0 fully saturated rings. The second kappa shape index (κ2) is 8.37. The first-order valence-electron chi connectivity index (χ1n) is 9.12. The molecule has 2 amide bonds. The van der Waals surface area contributed by atoms with E-state index in [1.807, 2.05) is 0 Å². The van der Waals surface area contributed by atoms with E-state index in [2.05, 4.69) is 10.6 Å². The molecule has 3 N–H and O–H groups in total. The number of benzene rings is 2. The van der Waals surface area contributed by atoms with Crippen LogP contribution in [-0.4, -0.2) is 30.9 Å². The number of anilines is 2. The molecule has 0 saturated carbocycles. The Labute approximate surface area is 181 Å². The van der Waals surface area contributed by atoms with Gasteiger partial charge in [0.05, 0.1) is 20.5 Å². The highest BCUT2D eigenvalue weighted by Crippen LogP contribution is 2.30. The zero-order valence-electron chi connectivity index (χ0n) is 17.4. The summed E-state index contributed by atoms with van der Waals surface area (Å²) >= 11 is 6.13. The van der Waals surface area contributed by atoms with Gasteiger partial charge < -0.3 is 15.7 Å². The second-order valence-electron chi connectivity index (χ2n) is 8.39. The summed E-state index contributed by atoms with van der Waals surface area (Å²) in [5.41, 5.74) is -1.53. The number of nitrogens with one attached hydrogen (secondary N) is 2. The molecule has 0 aliphatic heterocycles. The lowest BCUT2D eigenvalue weighted by molar-refractivity contribution is -0.130. The van der Waals surface area contributed by atoms with Gasteiger partial charge in [0.25, 0.3) is 5.91 Å². The first-order valence-corrected chi connectivity index (χ1v) is 11.0. The van der Waals surface area contributed by atoms with E-state index in [1.165, 1.54) is 56.3 Å². The van der Waals surface area contributed by atoms with Crippen molar-refractivity contribution in [2.45, 2.75) is 50.0 Å². The number of carbonyl (C=O) groups is 2. The zero-order valence-corrected chi connectivity index (χ0v) is 19.0. The second-order valence-corrected chi connectivity index (χ2v) is 10.7.